The summed E-state index contributed by atoms with van der Waals surface area (Å²) in [5, 5.41) is 6.47. The number of anilines is 2. The predicted molar refractivity (Wildman–Crippen MR) is 179 cm³/mol. The van der Waals surface area contributed by atoms with Crippen molar-refractivity contribution in [2.24, 2.45) is 11.5 Å². The van der Waals surface area contributed by atoms with Crippen LogP contribution >= 0.6 is 11.6 Å². The number of halogens is 1. The fraction of sp³-hybridized carbons (Fsp3) is 0.297. The molecule has 4 aromatic carbocycles. The lowest BCUT2D eigenvalue weighted by Gasteiger charge is -2.21. The molecule has 2 atom stereocenters. The summed E-state index contributed by atoms with van der Waals surface area (Å²) >= 11 is 5.92. The summed E-state index contributed by atoms with van der Waals surface area (Å²) in [6.45, 7) is 0. The largest absolute Gasteiger partial charge is 0.327 e. The second-order valence-corrected chi connectivity index (χ2v) is 12.7. The van der Waals surface area contributed by atoms with Gasteiger partial charge in [-0.15, -0.1) is 0 Å². The molecule has 0 spiro atoms. The van der Waals surface area contributed by atoms with Gasteiger partial charge in [0.15, 0.2) is 0 Å². The molecule has 0 saturated heterocycles. The maximum Gasteiger partial charge on any atom is 0.255 e. The van der Waals surface area contributed by atoms with Gasteiger partial charge in [0, 0.05) is 39.6 Å². The van der Waals surface area contributed by atoms with Crippen LogP contribution in [0.1, 0.15) is 80.1 Å². The lowest BCUT2D eigenvalue weighted by atomic mass is 9.87. The standard InChI is InChI=1S/C20H22N2O.C17H17ClN2O/c21-18-8-5-15-11-17(4-3-16(15)12-18)20(23)22-19-9-6-14(7-10-19)13-1-2-13;18-14-2-1-3-16(10-14)20-17(21)13-5-4-12-9-15(19)7-6-11(12)8-13/h3-4,6-7,9-11,13,18H,1-2,5,8,12,21H2,(H,22,23);1-5,8,10,15H,6-7,9,19H2,(H,20,21). The van der Waals surface area contributed by atoms with Gasteiger partial charge in [-0.2, -0.15) is 0 Å². The van der Waals surface area contributed by atoms with Gasteiger partial charge in [-0.25, -0.2) is 0 Å². The molecule has 3 aliphatic rings. The quantitative estimate of drug-likeness (QED) is 0.195. The van der Waals surface area contributed by atoms with Crippen molar-refractivity contribution in [1.82, 2.24) is 0 Å². The Bertz CT molecular complexity index is 1660. The van der Waals surface area contributed by atoms with E-state index in [-0.39, 0.29) is 23.9 Å². The van der Waals surface area contributed by atoms with Crippen molar-refractivity contribution >= 4 is 34.8 Å². The zero-order valence-electron chi connectivity index (χ0n) is 24.8. The van der Waals surface area contributed by atoms with Crippen LogP contribution in [0, 0.1) is 0 Å². The number of carbonyl (C=O) groups is 2. The molecule has 44 heavy (non-hydrogen) atoms. The number of benzene rings is 4. The fourth-order valence-electron chi connectivity index (χ4n) is 6.08. The van der Waals surface area contributed by atoms with Gasteiger partial charge in [0.05, 0.1) is 0 Å². The highest BCUT2D eigenvalue weighted by Gasteiger charge is 2.23. The molecule has 0 bridgehead atoms. The molecule has 1 fully saturated rings. The predicted octanol–water partition coefficient (Wildman–Crippen LogP) is 7.04. The van der Waals surface area contributed by atoms with Gasteiger partial charge in [-0.3, -0.25) is 9.59 Å². The molecule has 1 saturated carbocycles. The highest BCUT2D eigenvalue weighted by atomic mass is 35.5. The number of hydrogen-bond acceptors (Lipinski definition) is 4. The van der Waals surface area contributed by atoms with Gasteiger partial charge in [0.2, 0.25) is 0 Å². The normalized spacial score (nSPS) is 18.6. The molecule has 6 N–H and O–H groups in total. The van der Waals surface area contributed by atoms with Crippen molar-refractivity contribution in [2.75, 3.05) is 10.6 Å². The lowest BCUT2D eigenvalue weighted by molar-refractivity contribution is 0.101. The van der Waals surface area contributed by atoms with Gasteiger partial charge in [-0.05, 0) is 140 Å². The van der Waals surface area contributed by atoms with E-state index in [4.69, 9.17) is 23.1 Å². The maximum absolute atomic E-state index is 12.5. The summed E-state index contributed by atoms with van der Waals surface area (Å²) in [6.07, 6.45) is 8.29. The number of nitrogens with two attached hydrogens (primary N) is 2. The fourth-order valence-corrected chi connectivity index (χ4v) is 6.27. The number of nitrogens with one attached hydrogen (secondary N) is 2. The first-order valence-corrected chi connectivity index (χ1v) is 15.9. The Morgan fingerprint density at radius 3 is 1.68 bits per heavy atom. The van der Waals surface area contributed by atoms with E-state index in [1.165, 1.54) is 40.7 Å². The van der Waals surface area contributed by atoms with Gasteiger partial charge < -0.3 is 22.1 Å². The smallest absolute Gasteiger partial charge is 0.255 e. The second-order valence-electron chi connectivity index (χ2n) is 12.3. The molecule has 7 heteroatoms. The molecule has 0 heterocycles. The molecule has 6 nitrogen and oxygen atoms in total. The second kappa shape index (κ2) is 13.3. The van der Waals surface area contributed by atoms with Crippen molar-refractivity contribution in [1.29, 1.82) is 0 Å². The average Bonchev–Trinajstić information content (AvgIpc) is 3.87. The molecule has 0 aromatic heterocycles. The van der Waals surface area contributed by atoms with Gasteiger partial charge in [0.25, 0.3) is 11.8 Å². The first-order chi connectivity index (χ1) is 21.3. The highest BCUT2D eigenvalue weighted by Crippen LogP contribution is 2.40. The van der Waals surface area contributed by atoms with Gasteiger partial charge in [0.1, 0.15) is 0 Å². The SMILES string of the molecule is NC1CCc2cc(C(=O)Nc3ccc(C4CC4)cc3)ccc2C1.NC1CCc2cc(C(=O)Nc3cccc(Cl)c3)ccc2C1. The van der Waals surface area contributed by atoms with Crippen molar-refractivity contribution in [3.8, 4) is 0 Å². The molecule has 226 valence electrons. The summed E-state index contributed by atoms with van der Waals surface area (Å²) in [4.78, 5) is 24.8. The minimum atomic E-state index is -0.116. The van der Waals surface area contributed by atoms with Crippen molar-refractivity contribution in [2.45, 2.75) is 69.4 Å². The Morgan fingerprint density at radius 2 is 1.16 bits per heavy atom. The molecule has 4 aromatic rings. The van der Waals surface area contributed by atoms with Crippen LogP contribution in [0.4, 0.5) is 11.4 Å². The summed E-state index contributed by atoms with van der Waals surface area (Å²) < 4.78 is 0. The molecule has 7 rings (SSSR count). The first-order valence-electron chi connectivity index (χ1n) is 15.5. The Kier molecular flexibility index (Phi) is 9.12. The van der Waals surface area contributed by atoms with Crippen LogP contribution < -0.4 is 22.1 Å². The third kappa shape index (κ3) is 7.56. The highest BCUT2D eigenvalue weighted by molar-refractivity contribution is 6.31. The van der Waals surface area contributed by atoms with Crippen LogP contribution in [0.15, 0.2) is 84.9 Å². The molecular weight excluding hydrogens is 568 g/mol. The number of hydrogen-bond donors (Lipinski definition) is 4. The van der Waals surface area contributed by atoms with E-state index in [0.717, 1.165) is 55.7 Å². The van der Waals surface area contributed by atoms with Crippen LogP contribution in [0.5, 0.6) is 0 Å². The van der Waals surface area contributed by atoms with E-state index < -0.39 is 0 Å². The summed E-state index contributed by atoms with van der Waals surface area (Å²) in [5.41, 5.74) is 21.4. The minimum Gasteiger partial charge on any atom is -0.327 e. The van der Waals surface area contributed by atoms with Crippen LogP contribution in [0.25, 0.3) is 0 Å². The maximum atomic E-state index is 12.5. The van der Waals surface area contributed by atoms with Crippen molar-refractivity contribution < 1.29 is 9.59 Å². The Hall–Kier alpha value is -3.97. The number of aryl methyl sites for hydroxylation is 2. The number of rotatable bonds is 5. The third-order valence-corrected chi connectivity index (χ3v) is 9.00. The molecule has 0 aliphatic heterocycles. The van der Waals surface area contributed by atoms with Crippen molar-refractivity contribution in [3.05, 3.63) is 129 Å². The molecule has 2 unspecified atom stereocenters. The van der Waals surface area contributed by atoms with E-state index in [9.17, 15) is 9.59 Å². The lowest BCUT2D eigenvalue weighted by Crippen LogP contribution is -2.28. The van der Waals surface area contributed by atoms with Gasteiger partial charge in [-0.1, -0.05) is 41.9 Å². The molecule has 0 radical (unpaired) electrons. The number of fused-ring (bicyclic) bond motifs is 2. The van der Waals surface area contributed by atoms with E-state index in [1.807, 2.05) is 54.6 Å². The average molecular weight is 607 g/mol. The summed E-state index contributed by atoms with van der Waals surface area (Å²) in [7, 11) is 0. The minimum absolute atomic E-state index is 0.0400. The van der Waals surface area contributed by atoms with Crippen LogP contribution in [0.2, 0.25) is 5.02 Å². The first kappa shape index (κ1) is 30.1. The topological polar surface area (TPSA) is 110 Å². The zero-order valence-corrected chi connectivity index (χ0v) is 25.6. The summed E-state index contributed by atoms with van der Waals surface area (Å²) in [5.74, 6) is 0.587. The van der Waals surface area contributed by atoms with Gasteiger partial charge >= 0.3 is 0 Å². The van der Waals surface area contributed by atoms with Crippen LogP contribution in [-0.2, 0) is 25.7 Å². The van der Waals surface area contributed by atoms with Crippen LogP contribution in [-0.4, -0.2) is 23.9 Å². The molecule has 3 aliphatic carbocycles. The Labute approximate surface area is 264 Å². The number of amides is 2. The summed E-state index contributed by atoms with van der Waals surface area (Å²) in [6, 6.07) is 27.7. The van der Waals surface area contributed by atoms with E-state index in [1.54, 1.807) is 12.1 Å². The third-order valence-electron chi connectivity index (χ3n) is 8.77. The van der Waals surface area contributed by atoms with E-state index in [2.05, 4.69) is 28.8 Å². The Morgan fingerprint density at radius 1 is 0.614 bits per heavy atom. The van der Waals surface area contributed by atoms with Crippen molar-refractivity contribution in [3.63, 3.8) is 0 Å². The van der Waals surface area contributed by atoms with E-state index >= 15 is 0 Å². The van der Waals surface area contributed by atoms with E-state index in [0.29, 0.717) is 16.3 Å². The van der Waals surface area contributed by atoms with Crippen LogP contribution in [0.3, 0.4) is 0 Å². The Balaban J connectivity index is 0.000000157. The monoisotopic (exact) mass is 606 g/mol. The zero-order chi connectivity index (χ0) is 30.6. The number of carbonyl (C=O) groups excluding carboxylic acids is 2. The molecular formula is C37H39ClN4O2. The molecule has 2 amide bonds.